The molecule has 6 nitrogen and oxygen atoms in total. The van der Waals surface area contributed by atoms with Gasteiger partial charge in [0.25, 0.3) is 0 Å². The molecule has 0 saturated carbocycles. The molecule has 1 atom stereocenters. The normalized spacial score (nSPS) is 18.0. The molecule has 1 saturated heterocycles. The lowest BCUT2D eigenvalue weighted by Crippen LogP contribution is -2.40. The fourth-order valence-corrected chi connectivity index (χ4v) is 2.67. The standard InChI is InChI=1S/C18H35N3O3.HI/c1-5-19-17(21-13-11-15(22)14-21)20-12-9-7-6-8-10-16(23)24-18(2,3)4;/h15,22H,5-14H2,1-4H3,(H,19,20);1H/t15-;/m1./s1. The first-order valence-electron chi connectivity index (χ1n) is 9.25. The van der Waals surface area contributed by atoms with Gasteiger partial charge in [0.1, 0.15) is 5.60 Å². The number of hydrogen-bond acceptors (Lipinski definition) is 4. The minimum atomic E-state index is -0.391. The molecule has 1 rings (SSSR count). The maximum absolute atomic E-state index is 11.6. The van der Waals surface area contributed by atoms with Gasteiger partial charge in [-0.15, -0.1) is 24.0 Å². The molecule has 0 spiro atoms. The number of esters is 1. The third-order valence-corrected chi connectivity index (χ3v) is 3.77. The lowest BCUT2D eigenvalue weighted by Gasteiger charge is -2.20. The molecule has 148 valence electrons. The van der Waals surface area contributed by atoms with Crippen molar-refractivity contribution in [1.82, 2.24) is 10.2 Å². The predicted molar refractivity (Wildman–Crippen MR) is 113 cm³/mol. The molecule has 2 N–H and O–H groups in total. The second-order valence-electron chi connectivity index (χ2n) is 7.37. The van der Waals surface area contributed by atoms with E-state index in [1.54, 1.807) is 0 Å². The number of nitrogens with zero attached hydrogens (tertiary/aromatic N) is 2. The summed E-state index contributed by atoms with van der Waals surface area (Å²) >= 11 is 0. The van der Waals surface area contributed by atoms with Gasteiger partial charge in [-0.2, -0.15) is 0 Å². The first-order chi connectivity index (χ1) is 11.3. The topological polar surface area (TPSA) is 74.2 Å². The van der Waals surface area contributed by atoms with Crippen molar-refractivity contribution in [2.24, 2.45) is 4.99 Å². The van der Waals surface area contributed by atoms with Crippen LogP contribution >= 0.6 is 24.0 Å². The molecule has 7 heteroatoms. The largest absolute Gasteiger partial charge is 0.460 e. The fourth-order valence-electron chi connectivity index (χ4n) is 2.67. The van der Waals surface area contributed by atoms with Crippen molar-refractivity contribution in [2.75, 3.05) is 26.2 Å². The highest BCUT2D eigenvalue weighted by Gasteiger charge is 2.22. The van der Waals surface area contributed by atoms with Gasteiger partial charge in [0, 0.05) is 32.6 Å². The summed E-state index contributed by atoms with van der Waals surface area (Å²) in [4.78, 5) is 18.4. The van der Waals surface area contributed by atoms with Crippen LogP contribution in [0.4, 0.5) is 0 Å². The monoisotopic (exact) mass is 469 g/mol. The molecular formula is C18H36IN3O3. The molecule has 1 aliphatic heterocycles. The van der Waals surface area contributed by atoms with E-state index in [-0.39, 0.29) is 36.0 Å². The number of hydrogen-bond donors (Lipinski definition) is 2. The van der Waals surface area contributed by atoms with Crippen LogP contribution in [0.5, 0.6) is 0 Å². The summed E-state index contributed by atoms with van der Waals surface area (Å²) in [6.45, 7) is 10.9. The van der Waals surface area contributed by atoms with Crippen LogP contribution in [-0.4, -0.2) is 59.8 Å². The van der Waals surface area contributed by atoms with Crippen molar-refractivity contribution in [1.29, 1.82) is 0 Å². The van der Waals surface area contributed by atoms with E-state index < -0.39 is 5.60 Å². The number of carbonyl (C=O) groups is 1. The van der Waals surface area contributed by atoms with Crippen molar-refractivity contribution in [3.05, 3.63) is 0 Å². The maximum Gasteiger partial charge on any atom is 0.306 e. The smallest absolute Gasteiger partial charge is 0.306 e. The second kappa shape index (κ2) is 12.7. The van der Waals surface area contributed by atoms with E-state index >= 15 is 0 Å². The number of nitrogens with one attached hydrogen (secondary N) is 1. The van der Waals surface area contributed by atoms with Crippen LogP contribution in [0.1, 0.15) is 66.2 Å². The Balaban J connectivity index is 0.00000576. The summed E-state index contributed by atoms with van der Waals surface area (Å²) in [5.74, 6) is 0.797. The average molecular weight is 469 g/mol. The molecule has 0 unspecified atom stereocenters. The van der Waals surface area contributed by atoms with Gasteiger partial charge < -0.3 is 20.1 Å². The molecule has 0 amide bonds. The summed E-state index contributed by atoms with van der Waals surface area (Å²) in [7, 11) is 0. The van der Waals surface area contributed by atoms with Crippen LogP contribution in [0.15, 0.2) is 4.99 Å². The molecular weight excluding hydrogens is 433 g/mol. The summed E-state index contributed by atoms with van der Waals surface area (Å²) < 4.78 is 5.29. The number of guanidine groups is 1. The third kappa shape index (κ3) is 11.6. The number of likely N-dealkylation sites (tertiary alicyclic amines) is 1. The number of halogens is 1. The van der Waals surface area contributed by atoms with Crippen molar-refractivity contribution in [3.8, 4) is 0 Å². The molecule has 0 aromatic heterocycles. The van der Waals surface area contributed by atoms with Crippen molar-refractivity contribution >= 4 is 35.9 Å². The molecule has 0 bridgehead atoms. The number of β-amino-alcohol motifs (C(OH)–C–C–N with tert-alkyl or cyclic N) is 1. The van der Waals surface area contributed by atoms with E-state index in [0.29, 0.717) is 13.0 Å². The Bertz CT molecular complexity index is 411. The van der Waals surface area contributed by atoms with Crippen LogP contribution in [0.25, 0.3) is 0 Å². The van der Waals surface area contributed by atoms with Crippen LogP contribution in [0, 0.1) is 0 Å². The van der Waals surface area contributed by atoms with Crippen LogP contribution in [-0.2, 0) is 9.53 Å². The molecule has 25 heavy (non-hydrogen) atoms. The molecule has 0 aliphatic carbocycles. The first kappa shape index (κ1) is 24.4. The summed E-state index contributed by atoms with van der Waals surface area (Å²) in [6.07, 6.45) is 5.05. The number of aliphatic hydroxyl groups is 1. The molecule has 1 heterocycles. The van der Waals surface area contributed by atoms with Gasteiger partial charge in [0.2, 0.25) is 0 Å². The number of aliphatic imine (C=N–C) groups is 1. The summed E-state index contributed by atoms with van der Waals surface area (Å²) in [6, 6.07) is 0. The van der Waals surface area contributed by atoms with E-state index in [9.17, 15) is 9.90 Å². The zero-order valence-corrected chi connectivity index (χ0v) is 18.5. The van der Waals surface area contributed by atoms with Crippen LogP contribution in [0.3, 0.4) is 0 Å². The van der Waals surface area contributed by atoms with Gasteiger partial charge in [-0.3, -0.25) is 9.79 Å². The Kier molecular flexibility index (Phi) is 12.4. The minimum Gasteiger partial charge on any atom is -0.460 e. The second-order valence-corrected chi connectivity index (χ2v) is 7.37. The molecule has 0 aromatic carbocycles. The van der Waals surface area contributed by atoms with Gasteiger partial charge >= 0.3 is 5.97 Å². The van der Waals surface area contributed by atoms with Gasteiger partial charge in [0.05, 0.1) is 6.10 Å². The lowest BCUT2D eigenvalue weighted by molar-refractivity contribution is -0.154. The Morgan fingerprint density at radius 1 is 1.28 bits per heavy atom. The third-order valence-electron chi connectivity index (χ3n) is 3.77. The van der Waals surface area contributed by atoms with Gasteiger partial charge in [-0.1, -0.05) is 12.8 Å². The minimum absolute atomic E-state index is 0. The highest BCUT2D eigenvalue weighted by molar-refractivity contribution is 14.0. The Hall–Kier alpha value is -0.570. The number of ether oxygens (including phenoxy) is 1. The Morgan fingerprint density at radius 3 is 2.52 bits per heavy atom. The summed E-state index contributed by atoms with van der Waals surface area (Å²) in [5, 5.41) is 12.9. The molecule has 1 aliphatic rings. The number of rotatable bonds is 8. The SMILES string of the molecule is CCNC(=NCCCCCCC(=O)OC(C)(C)C)N1CC[C@@H](O)C1.I. The molecule has 0 aromatic rings. The fraction of sp³-hybridized carbons (Fsp3) is 0.889. The van der Waals surface area contributed by atoms with Crippen molar-refractivity contribution < 1.29 is 14.6 Å². The highest BCUT2D eigenvalue weighted by Crippen LogP contribution is 2.12. The van der Waals surface area contributed by atoms with E-state index in [4.69, 9.17) is 4.74 Å². The van der Waals surface area contributed by atoms with Crippen LogP contribution in [0.2, 0.25) is 0 Å². The number of carbonyl (C=O) groups excluding carboxylic acids is 1. The molecule has 1 fully saturated rings. The van der Waals surface area contributed by atoms with E-state index in [2.05, 4.69) is 22.1 Å². The molecule has 0 radical (unpaired) electrons. The Morgan fingerprint density at radius 2 is 1.96 bits per heavy atom. The zero-order chi connectivity index (χ0) is 18.0. The predicted octanol–water partition coefficient (Wildman–Crippen LogP) is 2.93. The Labute approximate surface area is 169 Å². The maximum atomic E-state index is 11.6. The van der Waals surface area contributed by atoms with Gasteiger partial charge in [-0.25, -0.2) is 0 Å². The number of unbranched alkanes of at least 4 members (excludes halogenated alkanes) is 3. The van der Waals surface area contributed by atoms with Gasteiger partial charge in [0.15, 0.2) is 5.96 Å². The highest BCUT2D eigenvalue weighted by atomic mass is 127. The van der Waals surface area contributed by atoms with E-state index in [1.807, 2.05) is 20.8 Å². The number of aliphatic hydroxyl groups excluding tert-OH is 1. The van der Waals surface area contributed by atoms with Gasteiger partial charge in [-0.05, 0) is 47.0 Å². The zero-order valence-electron chi connectivity index (χ0n) is 16.2. The van der Waals surface area contributed by atoms with Crippen molar-refractivity contribution in [2.45, 2.75) is 77.9 Å². The quantitative estimate of drug-likeness (QED) is 0.188. The summed E-state index contributed by atoms with van der Waals surface area (Å²) in [5.41, 5.74) is -0.391. The van der Waals surface area contributed by atoms with E-state index in [1.165, 1.54) is 0 Å². The van der Waals surface area contributed by atoms with Crippen molar-refractivity contribution in [3.63, 3.8) is 0 Å². The average Bonchev–Trinajstić information content (AvgIpc) is 2.89. The lowest BCUT2D eigenvalue weighted by atomic mass is 10.1. The van der Waals surface area contributed by atoms with E-state index in [0.717, 1.165) is 57.7 Å². The first-order valence-corrected chi connectivity index (χ1v) is 9.25. The van der Waals surface area contributed by atoms with Crippen LogP contribution < -0.4 is 5.32 Å².